The topological polar surface area (TPSA) is 95.0 Å². The summed E-state index contributed by atoms with van der Waals surface area (Å²) in [4.78, 5) is 2.54. The first kappa shape index (κ1) is 9.78. The number of aromatic hydroxyl groups is 1. The van der Waals surface area contributed by atoms with E-state index in [0.29, 0.717) is 5.56 Å². The molecule has 5 heteroatoms. The average Bonchev–Trinajstić information content (AvgIpc) is 2.19. The number of benzene rings is 1. The monoisotopic (exact) mass is 188 g/mol. The molecule has 0 aromatic heterocycles. The summed E-state index contributed by atoms with van der Waals surface area (Å²) in [6.07, 6.45) is 0. The Kier molecular flexibility index (Phi) is 3.25. The number of hydrogen-bond acceptors (Lipinski definition) is 3. The quantitative estimate of drug-likeness (QED) is 0.175. The van der Waals surface area contributed by atoms with Crippen LogP contribution in [0.5, 0.6) is 5.75 Å². The van der Waals surface area contributed by atoms with E-state index in [1.165, 1.54) is 0 Å². The lowest BCUT2D eigenvalue weighted by molar-refractivity contribution is 0.476. The van der Waals surface area contributed by atoms with Crippen LogP contribution in [0.1, 0.15) is 5.56 Å². The Morgan fingerprint density at radius 2 is 2.36 bits per heavy atom. The van der Waals surface area contributed by atoms with E-state index >= 15 is 0 Å². The summed E-state index contributed by atoms with van der Waals surface area (Å²) in [6.45, 7) is 0.0741. The van der Waals surface area contributed by atoms with Crippen molar-refractivity contribution in [2.75, 3.05) is 12.3 Å². The lowest BCUT2D eigenvalue weighted by atomic mass is 10.2. The van der Waals surface area contributed by atoms with Crippen LogP contribution in [0.2, 0.25) is 0 Å². The molecule has 0 unspecified atom stereocenters. The summed E-state index contributed by atoms with van der Waals surface area (Å²) in [7, 11) is 0. The van der Waals surface area contributed by atoms with Crippen molar-refractivity contribution in [3.63, 3.8) is 0 Å². The molecule has 3 N–H and O–H groups in total. The molecule has 0 aliphatic carbocycles. The zero-order valence-electron chi connectivity index (χ0n) is 7.31. The highest BCUT2D eigenvalue weighted by Crippen LogP contribution is 2.22. The van der Waals surface area contributed by atoms with Crippen molar-refractivity contribution in [3.8, 4) is 17.6 Å². The first-order chi connectivity index (χ1) is 6.75. The van der Waals surface area contributed by atoms with Gasteiger partial charge in [0.05, 0.1) is 17.8 Å². The van der Waals surface area contributed by atoms with Gasteiger partial charge in [0.1, 0.15) is 0 Å². The molecule has 0 bridgehead atoms. The van der Waals surface area contributed by atoms with Crippen LogP contribution < -0.4 is 5.73 Å². The van der Waals surface area contributed by atoms with Gasteiger partial charge in [0.25, 0.3) is 0 Å². The number of nitrogen functional groups attached to an aromatic ring is 1. The minimum Gasteiger partial charge on any atom is -0.505 e. The largest absolute Gasteiger partial charge is 0.505 e. The molecule has 70 valence electrons. The number of hydrogen-bond donors (Lipinski definition) is 2. The highest BCUT2D eigenvalue weighted by Gasteiger charge is 1.99. The Morgan fingerprint density at radius 1 is 1.57 bits per heavy atom. The first-order valence-corrected chi connectivity index (χ1v) is 3.83. The van der Waals surface area contributed by atoms with E-state index in [2.05, 4.69) is 21.9 Å². The summed E-state index contributed by atoms with van der Waals surface area (Å²) >= 11 is 0. The van der Waals surface area contributed by atoms with Crippen LogP contribution in [0.25, 0.3) is 10.4 Å². The van der Waals surface area contributed by atoms with E-state index in [-0.39, 0.29) is 18.0 Å². The van der Waals surface area contributed by atoms with Gasteiger partial charge < -0.3 is 10.8 Å². The molecule has 1 rings (SSSR count). The number of phenols is 1. The molecule has 1 aromatic rings. The van der Waals surface area contributed by atoms with E-state index in [4.69, 9.17) is 11.3 Å². The Bertz CT molecular complexity index is 438. The first-order valence-electron chi connectivity index (χ1n) is 3.83. The maximum atomic E-state index is 9.42. The van der Waals surface area contributed by atoms with Gasteiger partial charge in [-0.25, -0.2) is 0 Å². The highest BCUT2D eigenvalue weighted by molar-refractivity contribution is 5.60. The molecule has 0 aliphatic heterocycles. The Hall–Kier alpha value is -2.31. The van der Waals surface area contributed by atoms with Gasteiger partial charge in [-0.1, -0.05) is 23.0 Å². The number of phenolic OH excluding ortho intramolecular Hbond substituents is 1. The molecule has 14 heavy (non-hydrogen) atoms. The van der Waals surface area contributed by atoms with E-state index in [1.807, 2.05) is 0 Å². The van der Waals surface area contributed by atoms with Crippen LogP contribution in [-0.4, -0.2) is 11.7 Å². The van der Waals surface area contributed by atoms with Crippen LogP contribution in [0, 0.1) is 11.8 Å². The molecule has 0 saturated carbocycles. The van der Waals surface area contributed by atoms with Gasteiger partial charge in [-0.15, -0.1) is 0 Å². The number of rotatable bonds is 1. The van der Waals surface area contributed by atoms with Gasteiger partial charge >= 0.3 is 0 Å². The molecule has 0 fully saturated rings. The van der Waals surface area contributed by atoms with E-state index < -0.39 is 0 Å². The zero-order chi connectivity index (χ0) is 10.4. The molecule has 0 saturated heterocycles. The van der Waals surface area contributed by atoms with Gasteiger partial charge in [0, 0.05) is 4.91 Å². The molecular formula is C9H8N4O. The maximum absolute atomic E-state index is 9.42. The minimum atomic E-state index is -0.0408. The normalized spacial score (nSPS) is 8.29. The van der Waals surface area contributed by atoms with Crippen LogP contribution >= 0.6 is 0 Å². The summed E-state index contributed by atoms with van der Waals surface area (Å²) in [5, 5.41) is 12.7. The summed E-state index contributed by atoms with van der Waals surface area (Å²) in [6, 6.07) is 4.90. The van der Waals surface area contributed by atoms with Gasteiger partial charge in [-0.05, 0) is 17.7 Å². The third-order valence-corrected chi connectivity index (χ3v) is 1.50. The Balaban J connectivity index is 2.89. The number of nitrogens with two attached hydrogens (primary N) is 1. The SMILES string of the molecule is [N-]=[N+]=NCC#Cc1cccc(N)c1O. The standard InChI is InChI=1S/C9H8N4O/c10-8-5-1-3-7(9(8)14)4-2-6-12-13-11/h1,3,5,14H,6,10H2. The predicted molar refractivity (Wildman–Crippen MR) is 53.4 cm³/mol. The molecule has 0 atom stereocenters. The van der Waals surface area contributed by atoms with Crippen molar-refractivity contribution in [2.24, 2.45) is 5.11 Å². The summed E-state index contributed by atoms with van der Waals surface area (Å²) < 4.78 is 0. The van der Waals surface area contributed by atoms with Crippen molar-refractivity contribution in [2.45, 2.75) is 0 Å². The second-order valence-corrected chi connectivity index (χ2v) is 2.43. The molecular weight excluding hydrogens is 180 g/mol. The number of anilines is 1. The van der Waals surface area contributed by atoms with E-state index in [0.717, 1.165) is 0 Å². The average molecular weight is 188 g/mol. The van der Waals surface area contributed by atoms with E-state index in [9.17, 15) is 5.11 Å². The van der Waals surface area contributed by atoms with Crippen LogP contribution in [0.3, 0.4) is 0 Å². The van der Waals surface area contributed by atoms with Crippen LogP contribution in [0.4, 0.5) is 5.69 Å². The minimum absolute atomic E-state index is 0.0408. The molecule has 0 heterocycles. The Labute approximate surface area is 80.8 Å². The summed E-state index contributed by atoms with van der Waals surface area (Å²) in [5.41, 5.74) is 14.1. The highest BCUT2D eigenvalue weighted by atomic mass is 16.3. The molecule has 5 nitrogen and oxygen atoms in total. The maximum Gasteiger partial charge on any atom is 0.154 e. The van der Waals surface area contributed by atoms with Gasteiger partial charge in [-0.2, -0.15) is 0 Å². The number of nitrogens with zero attached hydrogens (tertiary/aromatic N) is 3. The Morgan fingerprint density at radius 3 is 3.07 bits per heavy atom. The fraction of sp³-hybridized carbons (Fsp3) is 0.111. The van der Waals surface area contributed by atoms with Gasteiger partial charge in [0.15, 0.2) is 5.75 Å². The third kappa shape index (κ3) is 2.34. The van der Waals surface area contributed by atoms with Crippen LogP contribution in [0.15, 0.2) is 23.3 Å². The van der Waals surface area contributed by atoms with Crippen molar-refractivity contribution < 1.29 is 5.11 Å². The van der Waals surface area contributed by atoms with Crippen molar-refractivity contribution in [1.82, 2.24) is 0 Å². The number of para-hydroxylation sites is 1. The third-order valence-electron chi connectivity index (χ3n) is 1.50. The van der Waals surface area contributed by atoms with Crippen LogP contribution in [-0.2, 0) is 0 Å². The van der Waals surface area contributed by atoms with Gasteiger partial charge in [-0.3, -0.25) is 0 Å². The van der Waals surface area contributed by atoms with Gasteiger partial charge in [0.2, 0.25) is 0 Å². The summed E-state index contributed by atoms with van der Waals surface area (Å²) in [5.74, 6) is 5.19. The number of azide groups is 1. The second kappa shape index (κ2) is 4.65. The molecule has 0 spiro atoms. The smallest absolute Gasteiger partial charge is 0.154 e. The van der Waals surface area contributed by atoms with Crippen molar-refractivity contribution in [1.29, 1.82) is 0 Å². The molecule has 1 aromatic carbocycles. The zero-order valence-corrected chi connectivity index (χ0v) is 7.31. The molecule has 0 amide bonds. The lowest BCUT2D eigenvalue weighted by Gasteiger charge is -1.99. The lowest BCUT2D eigenvalue weighted by Crippen LogP contribution is -1.87. The predicted octanol–water partition coefficient (Wildman–Crippen LogP) is 1.64. The second-order valence-electron chi connectivity index (χ2n) is 2.43. The molecule has 0 radical (unpaired) electrons. The fourth-order valence-corrected chi connectivity index (χ4v) is 0.864. The fourth-order valence-electron chi connectivity index (χ4n) is 0.864. The van der Waals surface area contributed by atoms with E-state index in [1.54, 1.807) is 18.2 Å². The molecule has 0 aliphatic rings. The van der Waals surface area contributed by atoms with Crippen molar-refractivity contribution >= 4 is 5.69 Å². The van der Waals surface area contributed by atoms with Crippen molar-refractivity contribution in [3.05, 3.63) is 34.2 Å².